The van der Waals surface area contributed by atoms with Crippen LogP contribution in [-0.2, 0) is 0 Å². The number of rotatable bonds is 7. The molecule has 5 rings (SSSR count). The summed E-state index contributed by atoms with van der Waals surface area (Å²) in [5.74, 6) is 1.57. The molecule has 0 bridgehead atoms. The number of hydrogen-bond donors (Lipinski definition) is 0. The number of carbonyl (C=O) groups excluding carboxylic acids is 1. The van der Waals surface area contributed by atoms with Crippen LogP contribution in [0.2, 0.25) is 5.02 Å². The average molecular weight is 486 g/mol. The first-order valence-electron chi connectivity index (χ1n) is 10.6. The molecule has 4 aromatic carbocycles. The molecule has 0 radical (unpaired) electrons. The topological polar surface area (TPSA) is 57.0 Å². The van der Waals surface area contributed by atoms with Crippen molar-refractivity contribution in [1.29, 1.82) is 0 Å². The molecule has 34 heavy (non-hydrogen) atoms. The summed E-state index contributed by atoms with van der Waals surface area (Å²) >= 11 is 7.47. The lowest BCUT2D eigenvalue weighted by molar-refractivity contribution is 0.102. The predicted octanol–water partition coefficient (Wildman–Crippen LogP) is 6.72. The zero-order chi connectivity index (χ0) is 23.5. The van der Waals surface area contributed by atoms with E-state index in [1.807, 2.05) is 95.6 Å². The molecule has 0 aliphatic heterocycles. The number of thioether (sulfide) groups is 1. The molecule has 0 unspecified atom stereocenters. The van der Waals surface area contributed by atoms with E-state index in [9.17, 15) is 4.79 Å². The maximum atomic E-state index is 13.0. The Morgan fingerprint density at radius 2 is 1.65 bits per heavy atom. The molecule has 0 aliphatic rings. The number of para-hydroxylation sites is 1. The van der Waals surface area contributed by atoms with Crippen LogP contribution in [0.4, 0.5) is 0 Å². The molecule has 7 heteroatoms. The maximum Gasteiger partial charge on any atom is 0.196 e. The summed E-state index contributed by atoms with van der Waals surface area (Å²) < 4.78 is 7.47. The van der Waals surface area contributed by atoms with Crippen molar-refractivity contribution >= 4 is 39.9 Å². The normalized spacial score (nSPS) is 11.0. The van der Waals surface area contributed by atoms with Crippen LogP contribution in [-0.4, -0.2) is 33.4 Å². The second kappa shape index (κ2) is 9.71. The molecule has 5 nitrogen and oxygen atoms in total. The minimum atomic E-state index is 0.0280. The molecule has 0 saturated heterocycles. The molecule has 0 aliphatic carbocycles. The molecule has 0 amide bonds. The highest BCUT2D eigenvalue weighted by molar-refractivity contribution is 7.99. The molecular weight excluding hydrogens is 466 g/mol. The number of ether oxygens (including phenoxy) is 1. The van der Waals surface area contributed by atoms with Crippen LogP contribution < -0.4 is 4.74 Å². The molecular formula is C27H20ClN3O2S. The first kappa shape index (κ1) is 22.2. The van der Waals surface area contributed by atoms with Gasteiger partial charge in [0.15, 0.2) is 16.8 Å². The van der Waals surface area contributed by atoms with Crippen LogP contribution in [0.1, 0.15) is 10.4 Å². The van der Waals surface area contributed by atoms with Crippen molar-refractivity contribution in [2.24, 2.45) is 0 Å². The third-order valence-corrected chi connectivity index (χ3v) is 6.65. The Morgan fingerprint density at radius 1 is 0.912 bits per heavy atom. The Morgan fingerprint density at radius 3 is 2.44 bits per heavy atom. The van der Waals surface area contributed by atoms with Gasteiger partial charge in [-0.2, -0.15) is 0 Å². The third-order valence-electron chi connectivity index (χ3n) is 5.47. The summed E-state index contributed by atoms with van der Waals surface area (Å²) in [6.45, 7) is 0. The van der Waals surface area contributed by atoms with Crippen LogP contribution in [0.15, 0.2) is 96.2 Å². The van der Waals surface area contributed by atoms with Crippen LogP contribution in [0.25, 0.3) is 27.8 Å². The van der Waals surface area contributed by atoms with Gasteiger partial charge in [0, 0.05) is 16.3 Å². The van der Waals surface area contributed by atoms with Crippen LogP contribution in [0, 0.1) is 0 Å². The number of halogens is 1. The zero-order valence-corrected chi connectivity index (χ0v) is 19.9. The van der Waals surface area contributed by atoms with Gasteiger partial charge in [0.25, 0.3) is 0 Å². The highest BCUT2D eigenvalue weighted by Crippen LogP contribution is 2.33. The first-order valence-corrected chi connectivity index (χ1v) is 12.0. The van der Waals surface area contributed by atoms with Crippen LogP contribution in [0.5, 0.6) is 5.75 Å². The van der Waals surface area contributed by atoms with Gasteiger partial charge in [-0.25, -0.2) is 0 Å². The largest absolute Gasteiger partial charge is 0.496 e. The second-order valence-corrected chi connectivity index (χ2v) is 8.97. The van der Waals surface area contributed by atoms with Crippen LogP contribution >= 0.6 is 23.4 Å². The molecule has 1 aromatic heterocycles. The zero-order valence-electron chi connectivity index (χ0n) is 18.3. The van der Waals surface area contributed by atoms with Crippen molar-refractivity contribution in [3.63, 3.8) is 0 Å². The lowest BCUT2D eigenvalue weighted by atomic mass is 10.1. The van der Waals surface area contributed by atoms with E-state index in [0.29, 0.717) is 27.3 Å². The van der Waals surface area contributed by atoms with Crippen molar-refractivity contribution in [2.45, 2.75) is 5.16 Å². The number of ketones is 1. The number of hydrogen-bond acceptors (Lipinski definition) is 5. The summed E-state index contributed by atoms with van der Waals surface area (Å²) in [6, 6.07) is 28.9. The van der Waals surface area contributed by atoms with E-state index in [0.717, 1.165) is 22.0 Å². The van der Waals surface area contributed by atoms with E-state index in [1.165, 1.54) is 11.8 Å². The van der Waals surface area contributed by atoms with Gasteiger partial charge in [0.1, 0.15) is 5.75 Å². The summed E-state index contributed by atoms with van der Waals surface area (Å²) in [5.41, 5.74) is 2.32. The summed E-state index contributed by atoms with van der Waals surface area (Å²) in [6.07, 6.45) is 0. The number of nitrogens with zero attached hydrogens (tertiary/aromatic N) is 3. The minimum Gasteiger partial charge on any atom is -0.496 e. The summed E-state index contributed by atoms with van der Waals surface area (Å²) in [5, 5.41) is 12.3. The van der Waals surface area contributed by atoms with Crippen molar-refractivity contribution < 1.29 is 9.53 Å². The smallest absolute Gasteiger partial charge is 0.196 e. The van der Waals surface area contributed by atoms with E-state index in [-0.39, 0.29) is 11.5 Å². The maximum absolute atomic E-state index is 13.0. The number of carbonyl (C=O) groups is 1. The fraction of sp³-hybridized carbons (Fsp3) is 0.0741. The molecule has 0 saturated carbocycles. The van der Waals surface area contributed by atoms with Crippen molar-refractivity contribution in [2.75, 3.05) is 12.9 Å². The van der Waals surface area contributed by atoms with Gasteiger partial charge < -0.3 is 4.74 Å². The molecule has 0 spiro atoms. The van der Waals surface area contributed by atoms with Gasteiger partial charge in [0.2, 0.25) is 0 Å². The van der Waals surface area contributed by atoms with Gasteiger partial charge in [-0.15, -0.1) is 10.2 Å². The molecule has 0 fully saturated rings. The lowest BCUT2D eigenvalue weighted by Gasteiger charge is -2.12. The molecule has 0 atom stereocenters. The first-order chi connectivity index (χ1) is 16.6. The quantitative estimate of drug-likeness (QED) is 0.189. The Hall–Kier alpha value is -3.61. The molecule has 1 heterocycles. The van der Waals surface area contributed by atoms with E-state index in [2.05, 4.69) is 10.2 Å². The van der Waals surface area contributed by atoms with Gasteiger partial charge >= 0.3 is 0 Å². The Bertz CT molecular complexity index is 1480. The fourth-order valence-electron chi connectivity index (χ4n) is 3.77. The Labute approximate surface area is 206 Å². The Kier molecular flexibility index (Phi) is 6.34. The number of methoxy groups -OCH3 is 1. The minimum absolute atomic E-state index is 0.0280. The van der Waals surface area contributed by atoms with Gasteiger partial charge in [-0.1, -0.05) is 71.9 Å². The van der Waals surface area contributed by atoms with Crippen molar-refractivity contribution in [1.82, 2.24) is 14.8 Å². The lowest BCUT2D eigenvalue weighted by Crippen LogP contribution is -2.05. The predicted molar refractivity (Wildman–Crippen MR) is 137 cm³/mol. The van der Waals surface area contributed by atoms with E-state index >= 15 is 0 Å². The van der Waals surface area contributed by atoms with E-state index in [1.54, 1.807) is 7.11 Å². The summed E-state index contributed by atoms with van der Waals surface area (Å²) in [4.78, 5) is 13.0. The van der Waals surface area contributed by atoms with Crippen molar-refractivity contribution in [3.8, 4) is 22.8 Å². The van der Waals surface area contributed by atoms with Crippen LogP contribution in [0.3, 0.4) is 0 Å². The number of benzene rings is 4. The highest BCUT2D eigenvalue weighted by atomic mass is 35.5. The fourth-order valence-corrected chi connectivity index (χ4v) is 4.74. The second-order valence-electron chi connectivity index (χ2n) is 7.59. The SMILES string of the molecule is COc1ccccc1-c1nnc(SCC(=O)c2ccc3ccccc3c2)n1-c1ccc(Cl)cc1. The third kappa shape index (κ3) is 4.42. The van der Waals surface area contributed by atoms with E-state index in [4.69, 9.17) is 16.3 Å². The molecule has 0 N–H and O–H groups in total. The van der Waals surface area contributed by atoms with Gasteiger partial charge in [-0.05, 0) is 53.2 Å². The summed E-state index contributed by atoms with van der Waals surface area (Å²) in [7, 11) is 1.62. The number of fused-ring (bicyclic) bond motifs is 1. The average Bonchev–Trinajstić information content (AvgIpc) is 3.31. The number of Topliss-reactive ketones (excluding diaryl/α,β-unsaturated/α-hetero) is 1. The standard InChI is InChI=1S/C27H20ClN3O2S/c1-33-25-9-5-4-8-23(25)26-29-30-27(31(26)22-14-12-21(28)13-15-22)34-17-24(32)20-11-10-18-6-2-3-7-19(18)16-20/h2-16H,17H2,1H3. The van der Waals surface area contributed by atoms with E-state index < -0.39 is 0 Å². The molecule has 5 aromatic rings. The van der Waals surface area contributed by atoms with Crippen molar-refractivity contribution in [3.05, 3.63) is 102 Å². The highest BCUT2D eigenvalue weighted by Gasteiger charge is 2.20. The Balaban J connectivity index is 1.49. The number of aromatic nitrogens is 3. The van der Waals surface area contributed by atoms with Gasteiger partial charge in [0.05, 0.1) is 18.4 Å². The molecule has 168 valence electrons. The monoisotopic (exact) mass is 485 g/mol. The van der Waals surface area contributed by atoms with Gasteiger partial charge in [-0.3, -0.25) is 9.36 Å².